The van der Waals surface area contributed by atoms with Gasteiger partial charge in [0.25, 0.3) is 0 Å². The Kier molecular flexibility index (Phi) is 5.68. The molecule has 0 aromatic carbocycles. The molecule has 0 spiro atoms. The normalized spacial score (nSPS) is 31.2. The minimum Gasteiger partial charge on any atom is -0.373 e. The van der Waals surface area contributed by atoms with Gasteiger partial charge in [-0.3, -0.25) is 0 Å². The molecule has 0 saturated heterocycles. The number of hydrogen-bond donors (Lipinski definition) is 1. The molecule has 1 N–H and O–H groups in total. The Morgan fingerprint density at radius 2 is 2.24 bits per heavy atom. The van der Waals surface area contributed by atoms with E-state index in [2.05, 4.69) is 39.6 Å². The van der Waals surface area contributed by atoms with Crippen LogP contribution < -0.4 is 5.32 Å². The van der Waals surface area contributed by atoms with Crippen LogP contribution in [0, 0.1) is 5.92 Å². The summed E-state index contributed by atoms with van der Waals surface area (Å²) >= 11 is 0. The summed E-state index contributed by atoms with van der Waals surface area (Å²) in [5, 5.41) is 3.57. The minimum absolute atomic E-state index is 0.0196. The lowest BCUT2D eigenvalue weighted by Crippen LogP contribution is -2.55. The van der Waals surface area contributed by atoms with Crippen LogP contribution in [0.5, 0.6) is 0 Å². The molecule has 0 aliphatic heterocycles. The average Bonchev–Trinajstić information content (AvgIpc) is 2.25. The third-order valence-corrected chi connectivity index (χ3v) is 3.85. The molecule has 0 amide bonds. The Morgan fingerprint density at radius 1 is 1.53 bits per heavy atom. The molecule has 17 heavy (non-hydrogen) atoms. The molecule has 0 aromatic rings. The van der Waals surface area contributed by atoms with Crippen LogP contribution in [0.4, 0.5) is 0 Å². The van der Waals surface area contributed by atoms with E-state index in [0.717, 1.165) is 31.9 Å². The highest BCUT2D eigenvalue weighted by atomic mass is 16.5. The molecular formula is C15H29NO. The molecule has 100 valence electrons. The molecule has 0 radical (unpaired) electrons. The van der Waals surface area contributed by atoms with Gasteiger partial charge in [-0.25, -0.2) is 0 Å². The van der Waals surface area contributed by atoms with Crippen molar-refractivity contribution in [1.29, 1.82) is 0 Å². The molecule has 0 bridgehead atoms. The lowest BCUT2D eigenvalue weighted by atomic mass is 9.73. The fraction of sp³-hybridized carbons (Fsp3) is 0.867. The van der Waals surface area contributed by atoms with Gasteiger partial charge in [0, 0.05) is 6.61 Å². The van der Waals surface area contributed by atoms with Crippen molar-refractivity contribution in [3.63, 3.8) is 0 Å². The number of rotatable bonds is 6. The van der Waals surface area contributed by atoms with E-state index >= 15 is 0 Å². The summed E-state index contributed by atoms with van der Waals surface area (Å²) in [6.07, 6.45) is 4.93. The molecule has 2 heteroatoms. The quantitative estimate of drug-likeness (QED) is 0.716. The Hall–Kier alpha value is -0.340. The smallest absolute Gasteiger partial charge is 0.0875 e. The lowest BCUT2D eigenvalue weighted by molar-refractivity contribution is -0.0922. The van der Waals surface area contributed by atoms with E-state index in [1.54, 1.807) is 0 Å². The zero-order valence-electron chi connectivity index (χ0n) is 12.0. The van der Waals surface area contributed by atoms with E-state index in [-0.39, 0.29) is 5.60 Å². The second kappa shape index (κ2) is 6.55. The molecule has 1 rings (SSSR count). The van der Waals surface area contributed by atoms with Gasteiger partial charge < -0.3 is 10.1 Å². The summed E-state index contributed by atoms with van der Waals surface area (Å²) in [5.41, 5.74) is 1.18. The van der Waals surface area contributed by atoms with Crippen molar-refractivity contribution in [2.24, 2.45) is 5.92 Å². The van der Waals surface area contributed by atoms with Gasteiger partial charge in [0.05, 0.1) is 11.6 Å². The Bertz CT molecular complexity index is 247. The summed E-state index contributed by atoms with van der Waals surface area (Å²) in [5.74, 6) is 0.760. The number of nitrogens with one attached hydrogen (secondary N) is 1. The molecule has 3 atom stereocenters. The van der Waals surface area contributed by atoms with Crippen molar-refractivity contribution in [2.75, 3.05) is 13.2 Å². The van der Waals surface area contributed by atoms with Gasteiger partial charge >= 0.3 is 0 Å². The predicted octanol–water partition coefficient (Wildman–Crippen LogP) is 3.53. The van der Waals surface area contributed by atoms with E-state index in [0.29, 0.717) is 6.04 Å². The summed E-state index contributed by atoms with van der Waals surface area (Å²) in [6, 6.07) is 0.301. The molecule has 1 saturated carbocycles. The van der Waals surface area contributed by atoms with Crippen molar-refractivity contribution in [1.82, 2.24) is 5.32 Å². The van der Waals surface area contributed by atoms with Crippen LogP contribution in [0.15, 0.2) is 12.2 Å². The third-order valence-electron chi connectivity index (χ3n) is 3.85. The highest BCUT2D eigenvalue weighted by molar-refractivity contribution is 5.13. The first-order valence-electron chi connectivity index (χ1n) is 7.08. The monoisotopic (exact) mass is 239 g/mol. The largest absolute Gasteiger partial charge is 0.373 e. The maximum Gasteiger partial charge on any atom is 0.0875 e. The van der Waals surface area contributed by atoms with Crippen LogP contribution in [0.3, 0.4) is 0 Å². The van der Waals surface area contributed by atoms with Gasteiger partial charge in [-0.15, -0.1) is 0 Å². The maximum atomic E-state index is 6.19. The molecule has 2 nitrogen and oxygen atoms in total. The highest BCUT2D eigenvalue weighted by Crippen LogP contribution is 2.39. The SMILES string of the molecule is C=C(C)C(NCC)C1(OCC)CCCC(C)C1. The highest BCUT2D eigenvalue weighted by Gasteiger charge is 2.42. The molecule has 0 heterocycles. The fourth-order valence-corrected chi connectivity index (χ4v) is 3.32. The Morgan fingerprint density at radius 3 is 2.71 bits per heavy atom. The van der Waals surface area contributed by atoms with Crippen molar-refractivity contribution in [2.45, 2.75) is 65.0 Å². The van der Waals surface area contributed by atoms with Gasteiger partial charge in [0.1, 0.15) is 0 Å². The van der Waals surface area contributed by atoms with Crippen LogP contribution in [-0.2, 0) is 4.74 Å². The van der Waals surface area contributed by atoms with Gasteiger partial charge in [-0.2, -0.15) is 0 Å². The van der Waals surface area contributed by atoms with E-state index in [4.69, 9.17) is 4.74 Å². The first-order valence-corrected chi connectivity index (χ1v) is 7.08. The van der Waals surface area contributed by atoms with Crippen molar-refractivity contribution in [3.8, 4) is 0 Å². The van der Waals surface area contributed by atoms with Crippen LogP contribution in [0.2, 0.25) is 0 Å². The molecule has 0 aromatic heterocycles. The zero-order valence-corrected chi connectivity index (χ0v) is 12.0. The van der Waals surface area contributed by atoms with E-state index in [9.17, 15) is 0 Å². The first-order chi connectivity index (χ1) is 8.05. The summed E-state index contributed by atoms with van der Waals surface area (Å²) in [6.45, 7) is 14.6. The van der Waals surface area contributed by atoms with Crippen LogP contribution >= 0.6 is 0 Å². The molecule has 1 aliphatic carbocycles. The molecule has 1 fully saturated rings. The number of ether oxygens (including phenoxy) is 1. The Labute approximate surface area is 107 Å². The van der Waals surface area contributed by atoms with Gasteiger partial charge in [-0.1, -0.05) is 38.8 Å². The van der Waals surface area contributed by atoms with E-state index in [1.165, 1.54) is 18.4 Å². The fourth-order valence-electron chi connectivity index (χ4n) is 3.32. The second-order valence-corrected chi connectivity index (χ2v) is 5.54. The average molecular weight is 239 g/mol. The maximum absolute atomic E-state index is 6.19. The molecule has 3 unspecified atom stereocenters. The van der Waals surface area contributed by atoms with Gasteiger partial charge in [-0.05, 0) is 39.2 Å². The summed E-state index contributed by atoms with van der Waals surface area (Å²) < 4.78 is 6.19. The topological polar surface area (TPSA) is 21.3 Å². The zero-order chi connectivity index (χ0) is 12.9. The lowest BCUT2D eigenvalue weighted by Gasteiger charge is -2.46. The summed E-state index contributed by atoms with van der Waals surface area (Å²) in [7, 11) is 0. The van der Waals surface area contributed by atoms with Crippen molar-refractivity contribution < 1.29 is 4.74 Å². The number of hydrogen-bond acceptors (Lipinski definition) is 2. The number of likely N-dealkylation sites (N-methyl/N-ethyl adjacent to an activating group) is 1. The minimum atomic E-state index is -0.0196. The van der Waals surface area contributed by atoms with Crippen LogP contribution in [0.25, 0.3) is 0 Å². The predicted molar refractivity (Wildman–Crippen MR) is 74.3 cm³/mol. The van der Waals surface area contributed by atoms with Crippen LogP contribution in [0.1, 0.15) is 53.4 Å². The third kappa shape index (κ3) is 3.56. The van der Waals surface area contributed by atoms with Crippen molar-refractivity contribution >= 4 is 0 Å². The Balaban J connectivity index is 2.89. The molecular weight excluding hydrogens is 210 g/mol. The molecule has 1 aliphatic rings. The van der Waals surface area contributed by atoms with Gasteiger partial charge in [0.15, 0.2) is 0 Å². The van der Waals surface area contributed by atoms with Crippen LogP contribution in [-0.4, -0.2) is 24.8 Å². The summed E-state index contributed by atoms with van der Waals surface area (Å²) in [4.78, 5) is 0. The van der Waals surface area contributed by atoms with Crippen molar-refractivity contribution in [3.05, 3.63) is 12.2 Å². The second-order valence-electron chi connectivity index (χ2n) is 5.54. The first kappa shape index (κ1) is 14.7. The standard InChI is InChI=1S/C15H29NO/c1-6-16-14(12(3)4)15(17-7-2)10-8-9-13(5)11-15/h13-14,16H,3,6-11H2,1-2,4-5H3. The van der Waals surface area contributed by atoms with E-state index in [1.807, 2.05) is 0 Å². The van der Waals surface area contributed by atoms with E-state index < -0.39 is 0 Å². The van der Waals surface area contributed by atoms with Gasteiger partial charge in [0.2, 0.25) is 0 Å².